The van der Waals surface area contributed by atoms with Crippen LogP contribution in [-0.4, -0.2) is 5.38 Å². The minimum Gasteiger partial charge on any atom is -0.118 e. The molecule has 0 aromatic carbocycles. The zero-order valence-corrected chi connectivity index (χ0v) is 15.2. The van der Waals surface area contributed by atoms with Crippen molar-refractivity contribution in [2.75, 3.05) is 0 Å². The van der Waals surface area contributed by atoms with E-state index in [2.05, 4.69) is 39.0 Å². The quantitative estimate of drug-likeness (QED) is 0.390. The molecule has 122 valence electrons. The molecular weight excluding hydrogens is 288 g/mol. The first-order valence-corrected chi connectivity index (χ1v) is 9.95. The highest BCUT2D eigenvalue weighted by atomic mass is 35.5. The van der Waals surface area contributed by atoms with Gasteiger partial charge in [0.15, 0.2) is 0 Å². The van der Waals surface area contributed by atoms with Crippen LogP contribution < -0.4 is 0 Å². The molecule has 0 nitrogen and oxygen atoms in total. The molecule has 22 heavy (non-hydrogen) atoms. The Morgan fingerprint density at radius 3 is 2.77 bits per heavy atom. The van der Waals surface area contributed by atoms with Gasteiger partial charge in [0.05, 0.1) is 5.38 Å². The van der Waals surface area contributed by atoms with Gasteiger partial charge in [0.1, 0.15) is 0 Å². The van der Waals surface area contributed by atoms with Crippen molar-refractivity contribution in [2.24, 2.45) is 34.5 Å². The summed E-state index contributed by atoms with van der Waals surface area (Å²) in [6, 6.07) is 0. The van der Waals surface area contributed by atoms with Crippen LogP contribution in [0.3, 0.4) is 0 Å². The van der Waals surface area contributed by atoms with Gasteiger partial charge < -0.3 is 0 Å². The third-order valence-electron chi connectivity index (χ3n) is 8.29. The van der Waals surface area contributed by atoms with Gasteiger partial charge in [-0.3, -0.25) is 0 Å². The largest absolute Gasteiger partial charge is 0.118 e. The summed E-state index contributed by atoms with van der Waals surface area (Å²) in [5, 5.41) is 0.223. The summed E-state index contributed by atoms with van der Waals surface area (Å²) in [4.78, 5) is 0. The highest BCUT2D eigenvalue weighted by molar-refractivity contribution is 6.22. The van der Waals surface area contributed by atoms with Crippen molar-refractivity contribution in [1.82, 2.24) is 0 Å². The molecule has 4 aliphatic carbocycles. The van der Waals surface area contributed by atoms with E-state index in [1.807, 2.05) is 0 Å². The molecular formula is C21H31Cl. The number of allylic oxidation sites excluding steroid dienone is 4. The Labute approximate surface area is 141 Å². The van der Waals surface area contributed by atoms with Crippen LogP contribution in [0.4, 0.5) is 0 Å². The van der Waals surface area contributed by atoms with Crippen LogP contribution >= 0.6 is 11.6 Å². The minimum atomic E-state index is 0.223. The summed E-state index contributed by atoms with van der Waals surface area (Å²) < 4.78 is 0. The topological polar surface area (TPSA) is 0 Å². The second kappa shape index (κ2) is 5.13. The molecule has 7 atom stereocenters. The Kier molecular flexibility index (Phi) is 3.57. The van der Waals surface area contributed by atoms with Crippen molar-refractivity contribution in [3.63, 3.8) is 0 Å². The van der Waals surface area contributed by atoms with E-state index in [1.165, 1.54) is 38.5 Å². The number of rotatable bonds is 1. The second-order valence-corrected chi connectivity index (χ2v) is 9.49. The lowest BCUT2D eigenvalue weighted by Crippen LogP contribution is -2.49. The minimum absolute atomic E-state index is 0.223. The van der Waals surface area contributed by atoms with Crippen LogP contribution in [0, 0.1) is 34.5 Å². The highest BCUT2D eigenvalue weighted by Crippen LogP contribution is 2.65. The van der Waals surface area contributed by atoms with Gasteiger partial charge >= 0.3 is 0 Å². The Morgan fingerprint density at radius 1 is 1.18 bits per heavy atom. The number of alkyl halides is 1. The van der Waals surface area contributed by atoms with Gasteiger partial charge in [0.2, 0.25) is 0 Å². The first kappa shape index (κ1) is 15.3. The molecule has 0 aliphatic heterocycles. The van der Waals surface area contributed by atoms with Crippen molar-refractivity contribution in [3.8, 4) is 0 Å². The van der Waals surface area contributed by atoms with E-state index < -0.39 is 0 Å². The fourth-order valence-corrected chi connectivity index (χ4v) is 7.23. The van der Waals surface area contributed by atoms with Crippen LogP contribution in [-0.2, 0) is 0 Å². The number of hydrogen-bond acceptors (Lipinski definition) is 0. The van der Waals surface area contributed by atoms with E-state index in [-0.39, 0.29) is 5.38 Å². The molecule has 0 N–H and O–H groups in total. The van der Waals surface area contributed by atoms with Gasteiger partial charge in [-0.25, -0.2) is 0 Å². The average Bonchev–Trinajstić information content (AvgIpc) is 2.84. The third-order valence-corrected chi connectivity index (χ3v) is 8.59. The Balaban J connectivity index is 1.68. The molecule has 4 aliphatic rings. The van der Waals surface area contributed by atoms with Gasteiger partial charge in [-0.15, -0.1) is 11.6 Å². The van der Waals surface area contributed by atoms with Crippen LogP contribution in [0.1, 0.15) is 65.7 Å². The first-order valence-electron chi connectivity index (χ1n) is 9.52. The molecule has 1 unspecified atom stereocenters. The Hall–Kier alpha value is -0.230. The van der Waals surface area contributed by atoms with E-state index in [1.54, 1.807) is 5.57 Å². The van der Waals surface area contributed by atoms with Gasteiger partial charge in [-0.05, 0) is 67.6 Å². The Bertz CT molecular complexity index is 518. The molecule has 0 radical (unpaired) electrons. The number of halogens is 1. The normalized spacial score (nSPS) is 53.5. The van der Waals surface area contributed by atoms with E-state index in [4.69, 9.17) is 11.6 Å². The highest BCUT2D eigenvalue weighted by Gasteiger charge is 2.57. The van der Waals surface area contributed by atoms with Crippen molar-refractivity contribution in [2.45, 2.75) is 71.1 Å². The average molecular weight is 319 g/mol. The smallest absolute Gasteiger partial charge is 0.0553 e. The Morgan fingerprint density at radius 2 is 2.00 bits per heavy atom. The molecule has 0 saturated heterocycles. The van der Waals surface area contributed by atoms with E-state index in [0.29, 0.717) is 10.8 Å². The fraction of sp³-hybridized carbons (Fsp3) is 0.810. The monoisotopic (exact) mass is 318 g/mol. The van der Waals surface area contributed by atoms with Crippen molar-refractivity contribution < 1.29 is 0 Å². The molecule has 0 aromatic rings. The predicted octanol–water partition coefficient (Wildman–Crippen LogP) is 6.36. The zero-order valence-electron chi connectivity index (χ0n) is 14.4. The van der Waals surface area contributed by atoms with Crippen molar-refractivity contribution >= 4 is 11.6 Å². The van der Waals surface area contributed by atoms with Crippen molar-refractivity contribution in [3.05, 3.63) is 23.8 Å². The predicted molar refractivity (Wildman–Crippen MR) is 95.0 cm³/mol. The zero-order chi connectivity index (χ0) is 15.5. The summed E-state index contributed by atoms with van der Waals surface area (Å²) in [7, 11) is 0. The lowest BCUT2D eigenvalue weighted by Gasteiger charge is -2.56. The van der Waals surface area contributed by atoms with E-state index in [0.717, 1.165) is 30.1 Å². The molecule has 2 saturated carbocycles. The first-order chi connectivity index (χ1) is 10.5. The number of fused-ring (bicyclic) bond motifs is 5. The lowest BCUT2D eigenvalue weighted by atomic mass is 9.48. The van der Waals surface area contributed by atoms with Crippen LogP contribution in [0.15, 0.2) is 23.8 Å². The standard InChI is InChI=1S/C21H31Cl/c1-4-14-6-8-18-17-7-5-15-13-16(22)9-11-21(15,3)19(17)10-12-20(14,18)2/h5,9,11,14,16-19H,4,6-8,10,12-13H2,1-3H3/t14-,16?,17-,18-,19-,20+,21-/m0/s1. The molecule has 0 bridgehead atoms. The van der Waals surface area contributed by atoms with Crippen LogP contribution in [0.25, 0.3) is 0 Å². The second-order valence-electron chi connectivity index (χ2n) is 8.93. The fourth-order valence-electron chi connectivity index (χ4n) is 6.99. The van der Waals surface area contributed by atoms with Gasteiger partial charge in [0, 0.05) is 5.41 Å². The van der Waals surface area contributed by atoms with Crippen LogP contribution in [0.5, 0.6) is 0 Å². The van der Waals surface area contributed by atoms with Crippen LogP contribution in [0.2, 0.25) is 0 Å². The SMILES string of the molecule is CC[C@H]1CC[C@H]2[C@@H]3CC=C4CC(Cl)C=C[C@]4(C)[C@H]3CC[C@]12C. The van der Waals surface area contributed by atoms with Gasteiger partial charge in [-0.1, -0.05) is 51.0 Å². The lowest BCUT2D eigenvalue weighted by molar-refractivity contribution is -0.0232. The van der Waals surface area contributed by atoms with Crippen molar-refractivity contribution in [1.29, 1.82) is 0 Å². The molecule has 0 aromatic heterocycles. The number of hydrogen-bond donors (Lipinski definition) is 0. The molecule has 1 heteroatoms. The molecule has 2 fully saturated rings. The summed E-state index contributed by atoms with van der Waals surface area (Å²) in [6.07, 6.45) is 17.0. The molecule has 0 amide bonds. The van der Waals surface area contributed by atoms with Gasteiger partial charge in [0.25, 0.3) is 0 Å². The molecule has 4 rings (SSSR count). The summed E-state index contributed by atoms with van der Waals surface area (Å²) in [6.45, 7) is 7.54. The molecule has 0 spiro atoms. The summed E-state index contributed by atoms with van der Waals surface area (Å²) >= 11 is 6.40. The maximum Gasteiger partial charge on any atom is 0.0553 e. The van der Waals surface area contributed by atoms with E-state index >= 15 is 0 Å². The maximum atomic E-state index is 6.40. The van der Waals surface area contributed by atoms with E-state index in [9.17, 15) is 0 Å². The third kappa shape index (κ3) is 1.95. The molecule has 0 heterocycles. The summed E-state index contributed by atoms with van der Waals surface area (Å²) in [5.41, 5.74) is 2.58. The maximum absolute atomic E-state index is 6.40. The van der Waals surface area contributed by atoms with Gasteiger partial charge in [-0.2, -0.15) is 0 Å². The summed E-state index contributed by atoms with van der Waals surface area (Å²) in [5.74, 6) is 3.72.